The van der Waals surface area contributed by atoms with Crippen molar-refractivity contribution in [2.24, 2.45) is 5.41 Å². The zero-order valence-corrected chi connectivity index (χ0v) is 16.6. The van der Waals surface area contributed by atoms with Gasteiger partial charge in [0.05, 0.1) is 16.1 Å². The van der Waals surface area contributed by atoms with Crippen molar-refractivity contribution >= 4 is 29.2 Å². The Balaban J connectivity index is 2.07. The molecule has 1 heterocycles. The molecule has 1 aromatic rings. The average molecular weight is 372 g/mol. The third-order valence-electron chi connectivity index (χ3n) is 4.94. The zero-order chi connectivity index (χ0) is 18.1. The molecule has 1 saturated heterocycles. The van der Waals surface area contributed by atoms with Crippen LogP contribution in [0.15, 0.2) is 18.2 Å². The lowest BCUT2D eigenvalue weighted by Gasteiger charge is -2.47. The fourth-order valence-corrected chi connectivity index (χ4v) is 4.16. The van der Waals surface area contributed by atoms with Crippen LogP contribution < -0.4 is 5.32 Å². The number of benzene rings is 1. The Bertz CT molecular complexity index is 606. The standard InChI is InChI=1S/C18H27Cl2N3O/c1-12(13-7-6-8-14(19)16(13)20)21-17(24)23(5)15-9-10-22(4)11-18(15,2)3/h6-8,12,15H,9-11H2,1-5H3,(H,21,24)/t12-,15?/m1/s1. The largest absolute Gasteiger partial charge is 0.331 e. The van der Waals surface area contributed by atoms with Gasteiger partial charge in [0.2, 0.25) is 0 Å². The summed E-state index contributed by atoms with van der Waals surface area (Å²) in [6.07, 6.45) is 0.972. The lowest BCUT2D eigenvalue weighted by atomic mass is 9.78. The number of carbonyl (C=O) groups excluding carboxylic acids is 1. The first-order valence-electron chi connectivity index (χ1n) is 8.29. The number of nitrogens with one attached hydrogen (secondary N) is 1. The lowest BCUT2D eigenvalue weighted by Crippen LogP contribution is -2.57. The van der Waals surface area contributed by atoms with Gasteiger partial charge in [-0.05, 0) is 44.0 Å². The summed E-state index contributed by atoms with van der Waals surface area (Å²) in [5.41, 5.74) is 0.879. The highest BCUT2D eigenvalue weighted by Crippen LogP contribution is 2.33. The smallest absolute Gasteiger partial charge is 0.317 e. The van der Waals surface area contributed by atoms with Gasteiger partial charge in [-0.25, -0.2) is 4.79 Å². The highest BCUT2D eigenvalue weighted by atomic mass is 35.5. The molecule has 2 amide bonds. The molecule has 1 unspecified atom stereocenters. The number of carbonyl (C=O) groups is 1. The summed E-state index contributed by atoms with van der Waals surface area (Å²) in [7, 11) is 4.00. The quantitative estimate of drug-likeness (QED) is 0.852. The molecule has 4 nitrogen and oxygen atoms in total. The number of piperidine rings is 1. The second-order valence-electron chi connectivity index (χ2n) is 7.46. The summed E-state index contributed by atoms with van der Waals surface area (Å²) in [4.78, 5) is 16.9. The molecular formula is C18H27Cl2N3O. The van der Waals surface area contributed by atoms with E-state index in [1.54, 1.807) is 6.07 Å². The number of hydrogen-bond acceptors (Lipinski definition) is 2. The van der Waals surface area contributed by atoms with Crippen LogP contribution in [0.25, 0.3) is 0 Å². The Morgan fingerprint density at radius 2 is 2.08 bits per heavy atom. The first-order valence-corrected chi connectivity index (χ1v) is 9.05. The summed E-state index contributed by atoms with van der Waals surface area (Å²) >= 11 is 12.3. The molecular weight excluding hydrogens is 345 g/mol. The fraction of sp³-hybridized carbons (Fsp3) is 0.611. The summed E-state index contributed by atoms with van der Waals surface area (Å²) < 4.78 is 0. The molecule has 24 heavy (non-hydrogen) atoms. The second-order valence-corrected chi connectivity index (χ2v) is 8.24. The number of likely N-dealkylation sites (tertiary alicyclic amines) is 1. The van der Waals surface area contributed by atoms with Crippen LogP contribution in [0.4, 0.5) is 4.79 Å². The van der Waals surface area contributed by atoms with E-state index in [0.29, 0.717) is 10.0 Å². The summed E-state index contributed by atoms with van der Waals surface area (Å²) in [5.74, 6) is 0. The summed E-state index contributed by atoms with van der Waals surface area (Å²) in [5, 5.41) is 4.04. The van der Waals surface area contributed by atoms with Gasteiger partial charge in [0, 0.05) is 19.6 Å². The summed E-state index contributed by atoms with van der Waals surface area (Å²) in [6, 6.07) is 5.39. The van der Waals surface area contributed by atoms with Crippen LogP contribution in [0.2, 0.25) is 10.0 Å². The molecule has 2 atom stereocenters. The Labute approximate surface area is 155 Å². The van der Waals surface area contributed by atoms with E-state index in [-0.39, 0.29) is 23.5 Å². The van der Waals surface area contributed by atoms with Gasteiger partial charge in [-0.1, -0.05) is 49.2 Å². The molecule has 0 saturated carbocycles. The molecule has 1 aliphatic rings. The maximum absolute atomic E-state index is 12.7. The van der Waals surface area contributed by atoms with Crippen molar-refractivity contribution < 1.29 is 4.79 Å². The van der Waals surface area contributed by atoms with Crippen molar-refractivity contribution in [1.82, 2.24) is 15.1 Å². The minimum atomic E-state index is -0.208. The van der Waals surface area contributed by atoms with E-state index in [9.17, 15) is 4.79 Å². The number of nitrogens with zero attached hydrogens (tertiary/aromatic N) is 2. The van der Waals surface area contributed by atoms with Gasteiger partial charge in [-0.3, -0.25) is 0 Å². The second kappa shape index (κ2) is 7.51. The molecule has 134 valence electrons. The number of rotatable bonds is 3. The number of hydrogen-bond donors (Lipinski definition) is 1. The van der Waals surface area contributed by atoms with Crippen LogP contribution in [0, 0.1) is 5.41 Å². The molecule has 0 bridgehead atoms. The molecule has 1 aliphatic heterocycles. The van der Waals surface area contributed by atoms with E-state index in [1.807, 2.05) is 31.0 Å². The topological polar surface area (TPSA) is 35.6 Å². The Morgan fingerprint density at radius 3 is 2.71 bits per heavy atom. The van der Waals surface area contributed by atoms with E-state index in [0.717, 1.165) is 25.1 Å². The van der Waals surface area contributed by atoms with Crippen LogP contribution in [-0.2, 0) is 0 Å². The highest BCUT2D eigenvalue weighted by molar-refractivity contribution is 6.42. The van der Waals surface area contributed by atoms with Crippen molar-refractivity contribution in [2.45, 2.75) is 39.3 Å². The third kappa shape index (κ3) is 4.16. The van der Waals surface area contributed by atoms with Crippen molar-refractivity contribution in [3.05, 3.63) is 33.8 Å². The molecule has 0 aromatic heterocycles. The summed E-state index contributed by atoms with van der Waals surface area (Å²) in [6.45, 7) is 8.33. The molecule has 0 aliphatic carbocycles. The van der Waals surface area contributed by atoms with Crippen molar-refractivity contribution in [3.8, 4) is 0 Å². The maximum Gasteiger partial charge on any atom is 0.317 e. The number of urea groups is 1. The van der Waals surface area contributed by atoms with Crippen molar-refractivity contribution in [3.63, 3.8) is 0 Å². The molecule has 6 heteroatoms. The van der Waals surface area contributed by atoms with E-state index < -0.39 is 0 Å². The fourth-order valence-electron chi connectivity index (χ4n) is 3.69. The monoisotopic (exact) mass is 371 g/mol. The Morgan fingerprint density at radius 1 is 1.42 bits per heavy atom. The molecule has 2 rings (SSSR count). The van der Waals surface area contributed by atoms with E-state index in [2.05, 4.69) is 31.1 Å². The minimum absolute atomic E-state index is 0.0516. The number of amides is 2. The van der Waals surface area contributed by atoms with Crippen LogP contribution in [0.3, 0.4) is 0 Å². The molecule has 0 spiro atoms. The molecule has 1 aromatic carbocycles. The Hall–Kier alpha value is -0.970. The van der Waals surface area contributed by atoms with Crippen LogP contribution in [-0.4, -0.2) is 49.1 Å². The molecule has 1 N–H and O–H groups in total. The van der Waals surface area contributed by atoms with Crippen LogP contribution in [0.5, 0.6) is 0 Å². The average Bonchev–Trinajstić information content (AvgIpc) is 2.48. The van der Waals surface area contributed by atoms with Crippen molar-refractivity contribution in [2.75, 3.05) is 27.2 Å². The van der Waals surface area contributed by atoms with E-state index in [4.69, 9.17) is 23.2 Å². The van der Waals surface area contributed by atoms with Gasteiger partial charge in [0.25, 0.3) is 0 Å². The van der Waals surface area contributed by atoms with Crippen molar-refractivity contribution in [1.29, 1.82) is 0 Å². The molecule has 0 radical (unpaired) electrons. The van der Waals surface area contributed by atoms with Gasteiger partial charge < -0.3 is 15.1 Å². The van der Waals surface area contributed by atoms with Gasteiger partial charge in [-0.15, -0.1) is 0 Å². The predicted molar refractivity (Wildman–Crippen MR) is 101 cm³/mol. The maximum atomic E-state index is 12.7. The van der Waals surface area contributed by atoms with Gasteiger partial charge in [0.1, 0.15) is 0 Å². The Kier molecular flexibility index (Phi) is 6.05. The minimum Gasteiger partial charge on any atom is -0.331 e. The van der Waals surface area contributed by atoms with Gasteiger partial charge in [-0.2, -0.15) is 0 Å². The third-order valence-corrected chi connectivity index (χ3v) is 5.77. The highest BCUT2D eigenvalue weighted by Gasteiger charge is 2.38. The molecule has 1 fully saturated rings. The lowest BCUT2D eigenvalue weighted by molar-refractivity contribution is 0.0446. The van der Waals surface area contributed by atoms with Crippen LogP contribution >= 0.6 is 23.2 Å². The number of halogens is 2. The first kappa shape index (κ1) is 19.4. The first-order chi connectivity index (χ1) is 11.1. The van der Waals surface area contributed by atoms with Crippen LogP contribution in [0.1, 0.15) is 38.8 Å². The van der Waals surface area contributed by atoms with Gasteiger partial charge >= 0.3 is 6.03 Å². The zero-order valence-electron chi connectivity index (χ0n) is 15.1. The normalized spacial score (nSPS) is 22.0. The van der Waals surface area contributed by atoms with E-state index >= 15 is 0 Å². The van der Waals surface area contributed by atoms with E-state index in [1.165, 1.54) is 0 Å². The van der Waals surface area contributed by atoms with Gasteiger partial charge in [0.15, 0.2) is 0 Å². The SMILES string of the molecule is C[C@@H](NC(=O)N(C)C1CCN(C)CC1(C)C)c1cccc(Cl)c1Cl. The predicted octanol–water partition coefficient (Wildman–Crippen LogP) is 4.43.